The van der Waals surface area contributed by atoms with Crippen molar-refractivity contribution < 1.29 is 9.18 Å². The van der Waals surface area contributed by atoms with Crippen LogP contribution in [0.2, 0.25) is 10.0 Å². The van der Waals surface area contributed by atoms with Crippen LogP contribution in [0.25, 0.3) is 0 Å². The molecule has 19 heavy (non-hydrogen) atoms. The van der Waals surface area contributed by atoms with Gasteiger partial charge in [0.25, 0.3) is 0 Å². The summed E-state index contributed by atoms with van der Waals surface area (Å²) < 4.78 is 13.3. The summed E-state index contributed by atoms with van der Waals surface area (Å²) in [5, 5.41) is 2.35. The standard InChI is InChI=1S/C13H17Cl2FN2O/c1-12(2,13(3,4)17)11(19)18-7-5-8(14)10(16)9(15)6-7/h5-6H,17H2,1-4H3,(H,18,19). The molecule has 0 saturated heterocycles. The molecule has 0 aliphatic carbocycles. The van der Waals surface area contributed by atoms with E-state index in [4.69, 9.17) is 28.9 Å². The van der Waals surface area contributed by atoms with Gasteiger partial charge in [-0.1, -0.05) is 23.2 Å². The van der Waals surface area contributed by atoms with Crippen molar-refractivity contribution in [2.45, 2.75) is 33.2 Å². The van der Waals surface area contributed by atoms with Gasteiger partial charge < -0.3 is 11.1 Å². The topological polar surface area (TPSA) is 55.1 Å². The number of carbonyl (C=O) groups excluding carboxylic acids is 1. The van der Waals surface area contributed by atoms with Crippen molar-refractivity contribution in [1.29, 1.82) is 0 Å². The minimum atomic E-state index is -0.819. The van der Waals surface area contributed by atoms with Gasteiger partial charge in [-0.3, -0.25) is 4.79 Å². The fraction of sp³-hybridized carbons (Fsp3) is 0.462. The molecule has 1 amide bonds. The number of rotatable bonds is 3. The van der Waals surface area contributed by atoms with Gasteiger partial charge >= 0.3 is 0 Å². The maximum absolute atomic E-state index is 13.3. The van der Waals surface area contributed by atoms with Crippen LogP contribution >= 0.6 is 23.2 Å². The Hall–Kier alpha value is -0.840. The van der Waals surface area contributed by atoms with Gasteiger partial charge in [-0.25, -0.2) is 4.39 Å². The molecule has 1 aromatic rings. The van der Waals surface area contributed by atoms with Crippen molar-refractivity contribution in [3.8, 4) is 0 Å². The Morgan fingerprint density at radius 2 is 1.63 bits per heavy atom. The van der Waals surface area contributed by atoms with E-state index < -0.39 is 16.8 Å². The smallest absolute Gasteiger partial charge is 0.231 e. The maximum atomic E-state index is 13.3. The van der Waals surface area contributed by atoms with Crippen molar-refractivity contribution >= 4 is 34.8 Å². The number of benzene rings is 1. The predicted octanol–water partition coefficient (Wildman–Crippen LogP) is 3.83. The van der Waals surface area contributed by atoms with E-state index >= 15 is 0 Å². The zero-order chi connectivity index (χ0) is 15.0. The molecule has 0 fully saturated rings. The lowest BCUT2D eigenvalue weighted by atomic mass is 9.74. The first-order valence-electron chi connectivity index (χ1n) is 5.71. The first kappa shape index (κ1) is 16.2. The summed E-state index contributed by atoms with van der Waals surface area (Å²) in [6.07, 6.45) is 0. The van der Waals surface area contributed by atoms with Crippen molar-refractivity contribution in [3.05, 3.63) is 28.0 Å². The van der Waals surface area contributed by atoms with Crippen LogP contribution in [-0.2, 0) is 4.79 Å². The predicted molar refractivity (Wildman–Crippen MR) is 77.1 cm³/mol. The van der Waals surface area contributed by atoms with E-state index in [9.17, 15) is 9.18 Å². The Bertz CT molecular complexity index is 487. The second-order valence-corrected chi connectivity index (χ2v) is 6.37. The van der Waals surface area contributed by atoms with Crippen LogP contribution < -0.4 is 11.1 Å². The van der Waals surface area contributed by atoms with Gasteiger partial charge in [0, 0.05) is 11.2 Å². The average molecular weight is 307 g/mol. The number of halogens is 3. The molecule has 0 aliphatic heterocycles. The second kappa shape index (κ2) is 5.27. The minimum absolute atomic E-state index is 0.146. The average Bonchev–Trinajstić information content (AvgIpc) is 2.24. The van der Waals surface area contributed by atoms with Gasteiger partial charge in [0.05, 0.1) is 15.5 Å². The quantitative estimate of drug-likeness (QED) is 0.834. The Labute approximate surface area is 122 Å². The summed E-state index contributed by atoms with van der Waals surface area (Å²) in [4.78, 5) is 12.2. The highest BCUT2D eigenvalue weighted by atomic mass is 35.5. The Morgan fingerprint density at radius 1 is 1.21 bits per heavy atom. The van der Waals surface area contributed by atoms with Crippen LogP contribution in [0.1, 0.15) is 27.7 Å². The molecule has 0 heterocycles. The third-order valence-electron chi connectivity index (χ3n) is 3.42. The van der Waals surface area contributed by atoms with E-state index in [0.717, 1.165) is 0 Å². The normalized spacial score (nSPS) is 12.4. The Balaban J connectivity index is 3.02. The van der Waals surface area contributed by atoms with Gasteiger partial charge in [-0.15, -0.1) is 0 Å². The molecule has 3 nitrogen and oxygen atoms in total. The number of nitrogens with one attached hydrogen (secondary N) is 1. The summed E-state index contributed by atoms with van der Waals surface area (Å²) in [5.74, 6) is -1.00. The molecule has 0 unspecified atom stereocenters. The highest BCUT2D eigenvalue weighted by Gasteiger charge is 2.40. The van der Waals surface area contributed by atoms with Crippen LogP contribution in [0.5, 0.6) is 0 Å². The molecule has 0 radical (unpaired) electrons. The molecule has 0 saturated carbocycles. The Morgan fingerprint density at radius 3 is 2.00 bits per heavy atom. The lowest BCUT2D eigenvalue weighted by molar-refractivity contribution is -0.126. The fourth-order valence-electron chi connectivity index (χ4n) is 1.21. The zero-order valence-electron chi connectivity index (χ0n) is 11.3. The van der Waals surface area contributed by atoms with Crippen LogP contribution in [-0.4, -0.2) is 11.4 Å². The molecule has 0 spiro atoms. The lowest BCUT2D eigenvalue weighted by Gasteiger charge is -2.36. The Kier molecular flexibility index (Phi) is 4.50. The first-order chi connectivity index (χ1) is 8.46. The van der Waals surface area contributed by atoms with Crippen molar-refractivity contribution in [3.63, 3.8) is 0 Å². The monoisotopic (exact) mass is 306 g/mol. The number of hydrogen-bond donors (Lipinski definition) is 2. The molecule has 0 atom stereocenters. The molecule has 0 aromatic heterocycles. The van der Waals surface area contributed by atoms with E-state index in [-0.39, 0.29) is 16.0 Å². The SMILES string of the molecule is CC(C)(N)C(C)(C)C(=O)Nc1cc(Cl)c(F)c(Cl)c1. The molecular weight excluding hydrogens is 290 g/mol. The molecule has 106 valence electrons. The second-order valence-electron chi connectivity index (χ2n) is 5.55. The number of anilines is 1. The molecule has 1 rings (SSSR count). The van der Waals surface area contributed by atoms with Crippen LogP contribution in [0.4, 0.5) is 10.1 Å². The highest BCUT2D eigenvalue weighted by Crippen LogP contribution is 2.32. The summed E-state index contributed by atoms with van der Waals surface area (Å²) in [7, 11) is 0. The van der Waals surface area contributed by atoms with Gasteiger partial charge in [-0.05, 0) is 39.8 Å². The number of amides is 1. The highest BCUT2D eigenvalue weighted by molar-refractivity contribution is 6.35. The van der Waals surface area contributed by atoms with E-state index in [0.29, 0.717) is 5.69 Å². The summed E-state index contributed by atoms with van der Waals surface area (Å²) in [6.45, 7) is 6.98. The molecule has 6 heteroatoms. The number of carbonyl (C=O) groups is 1. The van der Waals surface area contributed by atoms with Crippen LogP contribution in [0.3, 0.4) is 0 Å². The van der Waals surface area contributed by atoms with Gasteiger partial charge in [0.1, 0.15) is 0 Å². The maximum Gasteiger partial charge on any atom is 0.231 e. The minimum Gasteiger partial charge on any atom is -0.325 e. The van der Waals surface area contributed by atoms with Crippen LogP contribution in [0.15, 0.2) is 12.1 Å². The van der Waals surface area contributed by atoms with Crippen molar-refractivity contribution in [1.82, 2.24) is 0 Å². The fourth-order valence-corrected chi connectivity index (χ4v) is 1.69. The van der Waals surface area contributed by atoms with Crippen molar-refractivity contribution in [2.24, 2.45) is 11.1 Å². The molecular formula is C13H17Cl2FN2O. The third kappa shape index (κ3) is 3.38. The summed E-state index contributed by atoms with van der Waals surface area (Å²) in [5.41, 5.74) is 4.77. The summed E-state index contributed by atoms with van der Waals surface area (Å²) >= 11 is 11.3. The van der Waals surface area contributed by atoms with Gasteiger partial charge in [0.2, 0.25) is 5.91 Å². The zero-order valence-corrected chi connectivity index (χ0v) is 12.8. The van der Waals surface area contributed by atoms with E-state index in [1.807, 2.05) is 0 Å². The van der Waals surface area contributed by atoms with Crippen LogP contribution in [0, 0.1) is 11.2 Å². The van der Waals surface area contributed by atoms with E-state index in [2.05, 4.69) is 5.32 Å². The lowest BCUT2D eigenvalue weighted by Crippen LogP contribution is -2.53. The molecule has 1 aromatic carbocycles. The van der Waals surface area contributed by atoms with Crippen molar-refractivity contribution in [2.75, 3.05) is 5.32 Å². The molecule has 0 bridgehead atoms. The van der Waals surface area contributed by atoms with Gasteiger partial charge in [0.15, 0.2) is 5.82 Å². The number of hydrogen-bond acceptors (Lipinski definition) is 2. The van der Waals surface area contributed by atoms with E-state index in [1.54, 1.807) is 27.7 Å². The molecule has 3 N–H and O–H groups in total. The first-order valence-corrected chi connectivity index (χ1v) is 6.47. The summed E-state index contributed by atoms with van der Waals surface area (Å²) in [6, 6.07) is 2.61. The number of nitrogens with two attached hydrogens (primary N) is 1. The molecule has 0 aliphatic rings. The third-order valence-corrected chi connectivity index (χ3v) is 3.97. The largest absolute Gasteiger partial charge is 0.325 e. The van der Waals surface area contributed by atoms with Gasteiger partial charge in [-0.2, -0.15) is 0 Å². The van der Waals surface area contributed by atoms with E-state index in [1.165, 1.54) is 12.1 Å².